The summed E-state index contributed by atoms with van der Waals surface area (Å²) >= 11 is 0. The number of hydrogen-bond acceptors (Lipinski definition) is 5. The minimum Gasteiger partial charge on any atom is -0.397 e. The van der Waals surface area contributed by atoms with Crippen LogP contribution in [-0.2, 0) is 0 Å². The second-order valence-corrected chi connectivity index (χ2v) is 4.56. The smallest absolute Gasteiger partial charge is 0.144 e. The number of nitrogens with one attached hydrogen (secondary N) is 1. The highest BCUT2D eigenvalue weighted by atomic mass is 16.3. The van der Waals surface area contributed by atoms with Crippen molar-refractivity contribution in [2.45, 2.75) is 31.3 Å². The van der Waals surface area contributed by atoms with E-state index in [2.05, 4.69) is 10.3 Å². The van der Waals surface area contributed by atoms with Crippen LogP contribution in [-0.4, -0.2) is 22.2 Å². The summed E-state index contributed by atoms with van der Waals surface area (Å²) < 4.78 is 0. The summed E-state index contributed by atoms with van der Waals surface area (Å²) in [7, 11) is 0. The van der Waals surface area contributed by atoms with Crippen molar-refractivity contribution in [2.24, 2.45) is 0 Å². The van der Waals surface area contributed by atoms with Gasteiger partial charge in [-0.25, -0.2) is 4.98 Å². The molecule has 0 spiro atoms. The molecule has 0 atom stereocenters. The topological polar surface area (TPSA) is 95.0 Å². The van der Waals surface area contributed by atoms with E-state index in [-0.39, 0.29) is 0 Å². The summed E-state index contributed by atoms with van der Waals surface area (Å²) in [6.45, 7) is 0.429. The SMILES string of the molecule is N#Cc1cc(N)cnc1NCC1(O)CCCC1. The molecule has 0 amide bonds. The van der Waals surface area contributed by atoms with Gasteiger partial charge in [0.05, 0.1) is 23.0 Å². The Hall–Kier alpha value is -1.80. The number of nitrogen functional groups attached to an aromatic ring is 1. The Morgan fingerprint density at radius 1 is 1.53 bits per heavy atom. The van der Waals surface area contributed by atoms with Crippen LogP contribution in [0.5, 0.6) is 0 Å². The number of rotatable bonds is 3. The maximum Gasteiger partial charge on any atom is 0.144 e. The van der Waals surface area contributed by atoms with Gasteiger partial charge in [0.2, 0.25) is 0 Å². The quantitative estimate of drug-likeness (QED) is 0.729. The fourth-order valence-corrected chi connectivity index (χ4v) is 2.17. The van der Waals surface area contributed by atoms with Crippen LogP contribution < -0.4 is 11.1 Å². The largest absolute Gasteiger partial charge is 0.397 e. The zero-order valence-corrected chi connectivity index (χ0v) is 9.61. The molecule has 1 aliphatic carbocycles. The molecule has 1 fully saturated rings. The van der Waals surface area contributed by atoms with Crippen molar-refractivity contribution in [1.29, 1.82) is 5.26 Å². The van der Waals surface area contributed by atoms with E-state index in [1.807, 2.05) is 6.07 Å². The standard InChI is InChI=1S/C12H16N4O/c13-6-9-5-10(14)7-15-11(9)16-8-12(17)3-1-2-4-12/h5,7,17H,1-4,8,14H2,(H,15,16). The summed E-state index contributed by atoms with van der Waals surface area (Å²) in [6.07, 6.45) is 5.21. The lowest BCUT2D eigenvalue weighted by Gasteiger charge is -2.22. The summed E-state index contributed by atoms with van der Waals surface area (Å²) in [5, 5.41) is 22.2. The third kappa shape index (κ3) is 2.66. The number of nitrogens with zero attached hydrogens (tertiary/aromatic N) is 2. The van der Waals surface area contributed by atoms with Gasteiger partial charge in [-0.2, -0.15) is 5.26 Å². The van der Waals surface area contributed by atoms with Crippen LogP contribution in [0.1, 0.15) is 31.2 Å². The van der Waals surface area contributed by atoms with Gasteiger partial charge >= 0.3 is 0 Å². The maximum atomic E-state index is 10.2. The summed E-state index contributed by atoms with van der Waals surface area (Å²) in [6, 6.07) is 3.62. The van der Waals surface area contributed by atoms with Gasteiger partial charge < -0.3 is 16.2 Å². The van der Waals surface area contributed by atoms with Crippen molar-refractivity contribution >= 4 is 11.5 Å². The summed E-state index contributed by atoms with van der Waals surface area (Å²) in [4.78, 5) is 4.07. The maximum absolute atomic E-state index is 10.2. The second kappa shape index (κ2) is 4.60. The lowest BCUT2D eigenvalue weighted by Crippen LogP contribution is -2.33. The van der Waals surface area contributed by atoms with Crippen LogP contribution in [0.15, 0.2) is 12.3 Å². The highest BCUT2D eigenvalue weighted by Crippen LogP contribution is 2.29. The minimum absolute atomic E-state index is 0.409. The van der Waals surface area contributed by atoms with Crippen LogP contribution in [0.4, 0.5) is 11.5 Å². The molecule has 0 radical (unpaired) electrons. The highest BCUT2D eigenvalue weighted by molar-refractivity contribution is 5.57. The molecular formula is C12H16N4O. The van der Waals surface area contributed by atoms with E-state index < -0.39 is 5.60 Å². The molecule has 0 saturated heterocycles. The molecular weight excluding hydrogens is 216 g/mol. The van der Waals surface area contributed by atoms with Crippen LogP contribution in [0.3, 0.4) is 0 Å². The zero-order chi connectivity index (χ0) is 12.3. The fourth-order valence-electron chi connectivity index (χ4n) is 2.17. The Kier molecular flexibility index (Phi) is 3.16. The molecule has 1 aromatic rings. The molecule has 5 heteroatoms. The molecule has 1 aliphatic rings. The first-order valence-corrected chi connectivity index (χ1v) is 5.75. The van der Waals surface area contributed by atoms with Gasteiger partial charge in [-0.3, -0.25) is 0 Å². The predicted octanol–water partition coefficient (Wildman–Crippen LogP) is 1.25. The van der Waals surface area contributed by atoms with Gasteiger partial charge in [-0.15, -0.1) is 0 Å². The van der Waals surface area contributed by atoms with Crippen LogP contribution >= 0.6 is 0 Å². The van der Waals surface area contributed by atoms with E-state index in [0.29, 0.717) is 23.6 Å². The number of nitriles is 1. The molecule has 5 nitrogen and oxygen atoms in total. The van der Waals surface area contributed by atoms with Crippen LogP contribution in [0.25, 0.3) is 0 Å². The first kappa shape index (κ1) is 11.7. The Bertz CT molecular complexity index is 446. The van der Waals surface area contributed by atoms with Gasteiger partial charge in [-0.05, 0) is 18.9 Å². The minimum atomic E-state index is -0.657. The third-order valence-corrected chi connectivity index (χ3v) is 3.15. The Labute approximate surface area is 100 Å². The molecule has 90 valence electrons. The van der Waals surface area contributed by atoms with Crippen molar-refractivity contribution in [2.75, 3.05) is 17.6 Å². The van der Waals surface area contributed by atoms with Crippen molar-refractivity contribution in [3.8, 4) is 6.07 Å². The molecule has 17 heavy (non-hydrogen) atoms. The number of hydrogen-bond donors (Lipinski definition) is 3. The number of pyridine rings is 1. The van der Waals surface area contributed by atoms with Gasteiger partial charge in [-0.1, -0.05) is 12.8 Å². The van der Waals surface area contributed by atoms with Gasteiger partial charge in [0.25, 0.3) is 0 Å². The molecule has 0 bridgehead atoms. The Balaban J connectivity index is 2.06. The number of nitrogens with two attached hydrogens (primary N) is 1. The number of anilines is 2. The monoisotopic (exact) mass is 232 g/mol. The van der Waals surface area contributed by atoms with Crippen LogP contribution in [0.2, 0.25) is 0 Å². The average Bonchev–Trinajstić information content (AvgIpc) is 2.75. The lowest BCUT2D eigenvalue weighted by atomic mass is 10.0. The van der Waals surface area contributed by atoms with E-state index in [4.69, 9.17) is 11.0 Å². The van der Waals surface area contributed by atoms with Gasteiger partial charge in [0.1, 0.15) is 11.9 Å². The molecule has 1 heterocycles. The first-order chi connectivity index (χ1) is 8.13. The van der Waals surface area contributed by atoms with Crippen molar-refractivity contribution in [3.63, 3.8) is 0 Å². The lowest BCUT2D eigenvalue weighted by molar-refractivity contribution is 0.0614. The normalized spacial score (nSPS) is 17.6. The first-order valence-electron chi connectivity index (χ1n) is 5.75. The second-order valence-electron chi connectivity index (χ2n) is 4.56. The van der Waals surface area contributed by atoms with Crippen molar-refractivity contribution in [1.82, 2.24) is 4.98 Å². The molecule has 4 N–H and O–H groups in total. The Morgan fingerprint density at radius 3 is 2.88 bits per heavy atom. The zero-order valence-electron chi connectivity index (χ0n) is 9.61. The van der Waals surface area contributed by atoms with Gasteiger partial charge in [0.15, 0.2) is 0 Å². The average molecular weight is 232 g/mol. The van der Waals surface area contributed by atoms with E-state index in [1.54, 1.807) is 6.07 Å². The number of aromatic nitrogens is 1. The molecule has 0 unspecified atom stereocenters. The molecule has 0 aliphatic heterocycles. The molecule has 0 aromatic carbocycles. The van der Waals surface area contributed by atoms with E-state index >= 15 is 0 Å². The van der Waals surface area contributed by atoms with Crippen molar-refractivity contribution < 1.29 is 5.11 Å². The van der Waals surface area contributed by atoms with E-state index in [1.165, 1.54) is 6.20 Å². The highest BCUT2D eigenvalue weighted by Gasteiger charge is 2.30. The number of aliphatic hydroxyl groups is 1. The summed E-state index contributed by atoms with van der Waals surface area (Å²) in [5.41, 5.74) is 5.77. The third-order valence-electron chi connectivity index (χ3n) is 3.15. The van der Waals surface area contributed by atoms with E-state index in [9.17, 15) is 5.11 Å². The molecule has 2 rings (SSSR count). The molecule has 1 aromatic heterocycles. The van der Waals surface area contributed by atoms with Crippen LogP contribution in [0, 0.1) is 11.3 Å². The fraction of sp³-hybridized carbons (Fsp3) is 0.500. The van der Waals surface area contributed by atoms with Crippen molar-refractivity contribution in [3.05, 3.63) is 17.8 Å². The Morgan fingerprint density at radius 2 is 2.24 bits per heavy atom. The van der Waals surface area contributed by atoms with Gasteiger partial charge in [0, 0.05) is 6.54 Å². The summed E-state index contributed by atoms with van der Waals surface area (Å²) in [5.74, 6) is 0.488. The predicted molar refractivity (Wildman–Crippen MR) is 65.3 cm³/mol. The van der Waals surface area contributed by atoms with E-state index in [0.717, 1.165) is 25.7 Å². The molecule has 1 saturated carbocycles.